The predicted octanol–water partition coefficient (Wildman–Crippen LogP) is 3.84. The molecule has 0 N–H and O–H groups in total. The van der Waals surface area contributed by atoms with Crippen molar-refractivity contribution in [1.29, 1.82) is 0 Å². The van der Waals surface area contributed by atoms with Crippen LogP contribution in [0.15, 0.2) is 22.8 Å². The molecule has 0 fully saturated rings. The van der Waals surface area contributed by atoms with Gasteiger partial charge in [-0.3, -0.25) is 0 Å². The van der Waals surface area contributed by atoms with E-state index in [9.17, 15) is 0 Å². The minimum atomic E-state index is 0.940. The van der Waals surface area contributed by atoms with Crippen LogP contribution in [0, 0.1) is 5.92 Å². The maximum atomic E-state index is 2.44. The van der Waals surface area contributed by atoms with Crippen LogP contribution in [-0.2, 0) is 0 Å². The Morgan fingerprint density at radius 1 is 1.25 bits per heavy atom. The fraction of sp³-hybridized carbons (Fsp3) is 0.667. The van der Waals surface area contributed by atoms with Crippen LogP contribution >= 0.6 is 0 Å². The average molecular weight is 162 g/mol. The van der Waals surface area contributed by atoms with Gasteiger partial charge in [-0.2, -0.15) is 0 Å². The van der Waals surface area contributed by atoms with Gasteiger partial charge in [0.15, 0.2) is 0 Å². The predicted molar refractivity (Wildman–Crippen MR) is 53.0 cm³/mol. The van der Waals surface area contributed by atoms with Gasteiger partial charge in [-0.15, -0.1) is 0 Å². The first-order valence-corrected chi connectivity index (χ1v) is 5.14. The van der Waals surface area contributed by atoms with Crippen molar-refractivity contribution < 1.29 is 0 Å². The van der Waals surface area contributed by atoms with E-state index >= 15 is 0 Å². The van der Waals surface area contributed by atoms with E-state index in [4.69, 9.17) is 0 Å². The summed E-state index contributed by atoms with van der Waals surface area (Å²) >= 11 is 0. The molecule has 0 saturated heterocycles. The molecule has 0 spiro atoms. The lowest BCUT2D eigenvalue weighted by Crippen LogP contribution is -2.09. The van der Waals surface area contributed by atoms with Crippen LogP contribution in [0.1, 0.15) is 46.0 Å². The Morgan fingerprint density at radius 2 is 2.08 bits per heavy atom. The second kappa shape index (κ2) is 3.08. The minimum Gasteiger partial charge on any atom is -0.0727 e. The SMILES string of the molecule is CC1=CC2=C(CC1)CC(C)CC2. The summed E-state index contributed by atoms with van der Waals surface area (Å²) < 4.78 is 0. The van der Waals surface area contributed by atoms with Gasteiger partial charge in [0.25, 0.3) is 0 Å². The number of rotatable bonds is 0. The van der Waals surface area contributed by atoms with Crippen molar-refractivity contribution in [1.82, 2.24) is 0 Å². The third-order valence-corrected chi connectivity index (χ3v) is 3.20. The zero-order valence-electron chi connectivity index (χ0n) is 8.19. The Morgan fingerprint density at radius 3 is 2.92 bits per heavy atom. The van der Waals surface area contributed by atoms with E-state index < -0.39 is 0 Å². The first-order valence-electron chi connectivity index (χ1n) is 5.14. The van der Waals surface area contributed by atoms with E-state index in [1.807, 2.05) is 0 Å². The lowest BCUT2D eigenvalue weighted by Gasteiger charge is -2.26. The topological polar surface area (TPSA) is 0 Å². The maximum Gasteiger partial charge on any atom is -0.0277 e. The molecular weight excluding hydrogens is 144 g/mol. The third kappa shape index (κ3) is 1.48. The van der Waals surface area contributed by atoms with E-state index in [0.29, 0.717) is 0 Å². The summed E-state index contributed by atoms with van der Waals surface area (Å²) in [5, 5.41) is 0. The van der Waals surface area contributed by atoms with Crippen LogP contribution < -0.4 is 0 Å². The molecule has 0 saturated carbocycles. The molecule has 0 aliphatic heterocycles. The molecule has 2 aliphatic carbocycles. The standard InChI is InChI=1S/C12H18/c1-9-3-5-12-8-10(2)4-6-11(12)7-9/h7,10H,3-6,8H2,1-2H3. The lowest BCUT2D eigenvalue weighted by atomic mass is 9.79. The lowest BCUT2D eigenvalue weighted by molar-refractivity contribution is 0.486. The van der Waals surface area contributed by atoms with E-state index in [-0.39, 0.29) is 0 Å². The highest BCUT2D eigenvalue weighted by Crippen LogP contribution is 2.36. The van der Waals surface area contributed by atoms with Gasteiger partial charge >= 0.3 is 0 Å². The van der Waals surface area contributed by atoms with Gasteiger partial charge < -0.3 is 0 Å². The summed E-state index contributed by atoms with van der Waals surface area (Å²) in [7, 11) is 0. The van der Waals surface area contributed by atoms with E-state index in [1.54, 1.807) is 16.7 Å². The summed E-state index contributed by atoms with van der Waals surface area (Å²) in [4.78, 5) is 0. The molecule has 1 unspecified atom stereocenters. The number of hydrogen-bond donors (Lipinski definition) is 0. The van der Waals surface area contributed by atoms with Gasteiger partial charge in [-0.1, -0.05) is 24.1 Å². The molecule has 0 radical (unpaired) electrons. The molecule has 0 nitrogen and oxygen atoms in total. The van der Waals surface area contributed by atoms with Crippen LogP contribution in [0.3, 0.4) is 0 Å². The average Bonchev–Trinajstić information content (AvgIpc) is 2.05. The molecule has 0 aromatic heterocycles. The van der Waals surface area contributed by atoms with Crippen molar-refractivity contribution in [3.05, 3.63) is 22.8 Å². The van der Waals surface area contributed by atoms with E-state index in [2.05, 4.69) is 19.9 Å². The summed E-state index contributed by atoms with van der Waals surface area (Å²) in [6.07, 6.45) is 9.22. The molecule has 0 bridgehead atoms. The molecule has 0 heterocycles. The van der Waals surface area contributed by atoms with Crippen LogP contribution in [0.4, 0.5) is 0 Å². The van der Waals surface area contributed by atoms with Crippen molar-refractivity contribution in [2.24, 2.45) is 5.92 Å². The monoisotopic (exact) mass is 162 g/mol. The zero-order chi connectivity index (χ0) is 8.55. The summed E-state index contributed by atoms with van der Waals surface area (Å²) in [6.45, 7) is 4.65. The molecule has 0 amide bonds. The zero-order valence-corrected chi connectivity index (χ0v) is 8.19. The fourth-order valence-electron chi connectivity index (χ4n) is 2.39. The molecule has 66 valence electrons. The minimum absolute atomic E-state index is 0.940. The normalized spacial score (nSPS) is 29.8. The molecule has 12 heavy (non-hydrogen) atoms. The molecule has 2 aliphatic rings. The van der Waals surface area contributed by atoms with Crippen molar-refractivity contribution in [3.8, 4) is 0 Å². The smallest absolute Gasteiger partial charge is 0.0277 e. The van der Waals surface area contributed by atoms with Crippen LogP contribution in [0.5, 0.6) is 0 Å². The first kappa shape index (κ1) is 8.10. The molecule has 1 atom stereocenters. The number of hydrogen-bond acceptors (Lipinski definition) is 0. The Kier molecular flexibility index (Phi) is 2.08. The van der Waals surface area contributed by atoms with Crippen LogP contribution in [0.2, 0.25) is 0 Å². The van der Waals surface area contributed by atoms with Crippen molar-refractivity contribution in [2.75, 3.05) is 0 Å². The number of allylic oxidation sites excluding steroid dienone is 4. The first-order chi connectivity index (χ1) is 5.75. The van der Waals surface area contributed by atoms with Gasteiger partial charge in [0.1, 0.15) is 0 Å². The van der Waals surface area contributed by atoms with Gasteiger partial charge in [-0.25, -0.2) is 0 Å². The van der Waals surface area contributed by atoms with Gasteiger partial charge in [0.05, 0.1) is 0 Å². The van der Waals surface area contributed by atoms with Crippen LogP contribution in [-0.4, -0.2) is 0 Å². The van der Waals surface area contributed by atoms with Gasteiger partial charge in [-0.05, 0) is 50.5 Å². The highest BCUT2D eigenvalue weighted by Gasteiger charge is 2.18. The molecular formula is C12H18. The van der Waals surface area contributed by atoms with Crippen molar-refractivity contribution >= 4 is 0 Å². The Balaban J connectivity index is 2.22. The molecule has 0 heteroatoms. The Bertz CT molecular complexity index is 243. The van der Waals surface area contributed by atoms with Gasteiger partial charge in [0, 0.05) is 0 Å². The Labute approximate surface area is 75.4 Å². The van der Waals surface area contributed by atoms with Crippen LogP contribution in [0.25, 0.3) is 0 Å². The molecule has 0 aromatic carbocycles. The largest absolute Gasteiger partial charge is 0.0727 e. The quantitative estimate of drug-likeness (QED) is 0.507. The van der Waals surface area contributed by atoms with E-state index in [0.717, 1.165) is 5.92 Å². The maximum absolute atomic E-state index is 2.44. The molecule has 0 aromatic rings. The third-order valence-electron chi connectivity index (χ3n) is 3.20. The van der Waals surface area contributed by atoms with Crippen molar-refractivity contribution in [3.63, 3.8) is 0 Å². The second-order valence-electron chi connectivity index (χ2n) is 4.47. The fourth-order valence-corrected chi connectivity index (χ4v) is 2.39. The second-order valence-corrected chi connectivity index (χ2v) is 4.47. The molecule has 2 rings (SSSR count). The summed E-state index contributed by atoms with van der Waals surface area (Å²) in [5.74, 6) is 0.940. The van der Waals surface area contributed by atoms with Crippen molar-refractivity contribution in [2.45, 2.75) is 46.0 Å². The highest BCUT2D eigenvalue weighted by atomic mass is 14.2. The summed E-state index contributed by atoms with van der Waals surface area (Å²) in [5.41, 5.74) is 5.03. The highest BCUT2D eigenvalue weighted by molar-refractivity contribution is 5.34. The Hall–Kier alpha value is -0.520. The van der Waals surface area contributed by atoms with Gasteiger partial charge in [0.2, 0.25) is 0 Å². The summed E-state index contributed by atoms with van der Waals surface area (Å²) in [6, 6.07) is 0. The van der Waals surface area contributed by atoms with E-state index in [1.165, 1.54) is 32.1 Å².